The minimum Gasteiger partial charge on any atom is -0.370 e. The highest BCUT2D eigenvalue weighted by atomic mass is 16.1. The third-order valence-corrected chi connectivity index (χ3v) is 4.50. The molecule has 0 bridgehead atoms. The molecule has 1 amide bonds. The number of H-pyrrole nitrogens is 1. The van der Waals surface area contributed by atoms with Gasteiger partial charge in [-0.3, -0.25) is 4.79 Å². The summed E-state index contributed by atoms with van der Waals surface area (Å²) in [6.45, 7) is 5.52. The minimum atomic E-state index is -0.144. The third-order valence-electron chi connectivity index (χ3n) is 4.50. The summed E-state index contributed by atoms with van der Waals surface area (Å²) in [5, 5.41) is 3.57. The van der Waals surface area contributed by atoms with Gasteiger partial charge in [0.25, 0.3) is 0 Å². The monoisotopic (exact) mass is 348 g/mol. The van der Waals surface area contributed by atoms with Gasteiger partial charge >= 0.3 is 0 Å². The van der Waals surface area contributed by atoms with Crippen molar-refractivity contribution in [3.8, 4) is 11.1 Å². The zero-order valence-corrected chi connectivity index (χ0v) is 15.0. The molecule has 1 saturated heterocycles. The number of fused-ring (bicyclic) bond motifs is 1. The van der Waals surface area contributed by atoms with Crippen LogP contribution < -0.4 is 10.2 Å². The van der Waals surface area contributed by atoms with Crippen LogP contribution in [0, 0.1) is 0 Å². The summed E-state index contributed by atoms with van der Waals surface area (Å²) >= 11 is 0. The normalized spacial score (nSPS) is 13.2. The number of aromatic nitrogens is 2. The highest BCUT2D eigenvalue weighted by Crippen LogP contribution is 2.31. The fourth-order valence-corrected chi connectivity index (χ4v) is 3.10. The first-order chi connectivity index (χ1) is 12.7. The molecule has 1 aliphatic heterocycles. The molecule has 0 radical (unpaired) electrons. The summed E-state index contributed by atoms with van der Waals surface area (Å²) in [7, 11) is 1.56. The zero-order chi connectivity index (χ0) is 18.4. The van der Waals surface area contributed by atoms with Crippen LogP contribution in [0.4, 0.5) is 5.69 Å². The number of rotatable bonds is 3. The fourth-order valence-electron chi connectivity index (χ4n) is 3.10. The maximum absolute atomic E-state index is 9.95. The van der Waals surface area contributed by atoms with Crippen molar-refractivity contribution < 1.29 is 4.79 Å². The van der Waals surface area contributed by atoms with Gasteiger partial charge in [-0.05, 0) is 30.5 Å². The van der Waals surface area contributed by atoms with Crippen LogP contribution in [-0.4, -0.2) is 36.0 Å². The van der Waals surface area contributed by atoms with E-state index in [0.717, 1.165) is 18.7 Å². The van der Waals surface area contributed by atoms with Gasteiger partial charge in [-0.25, -0.2) is 4.98 Å². The first-order valence-corrected chi connectivity index (χ1v) is 8.84. The maximum Gasteiger partial charge on any atom is 0.243 e. The van der Waals surface area contributed by atoms with Gasteiger partial charge in [-0.15, -0.1) is 0 Å². The van der Waals surface area contributed by atoms with E-state index in [1.807, 2.05) is 12.3 Å². The summed E-state index contributed by atoms with van der Waals surface area (Å²) < 4.78 is 0. The number of aromatic amines is 1. The van der Waals surface area contributed by atoms with Crippen molar-refractivity contribution in [3.63, 3.8) is 0 Å². The standard InChI is InChI=1S/C17H17N3.C4H7NO/c1-2-6-13(7-3-1)16-12-19-17-15(16)10-14(11-18-17)20-8-4-5-9-20;1-3-4(6)5-2/h1-3,6-7,10-12H,4-5,8-9H2,(H,18,19);3H,1H2,2H3,(H,5,6). The Morgan fingerprint density at radius 2 is 2.00 bits per heavy atom. The van der Waals surface area contributed by atoms with Crippen LogP contribution in [0.2, 0.25) is 0 Å². The Morgan fingerprint density at radius 1 is 1.27 bits per heavy atom. The van der Waals surface area contributed by atoms with Crippen LogP contribution >= 0.6 is 0 Å². The number of nitrogens with one attached hydrogen (secondary N) is 2. The van der Waals surface area contributed by atoms with Gasteiger partial charge in [-0.1, -0.05) is 36.9 Å². The van der Waals surface area contributed by atoms with E-state index < -0.39 is 0 Å². The van der Waals surface area contributed by atoms with E-state index in [0.29, 0.717) is 0 Å². The molecule has 4 rings (SSSR count). The summed E-state index contributed by atoms with van der Waals surface area (Å²) in [4.78, 5) is 20.2. The third kappa shape index (κ3) is 3.94. The Bertz CT molecular complexity index is 879. The molecule has 0 spiro atoms. The number of likely N-dealkylation sites (N-methyl/N-ethyl adjacent to an activating group) is 1. The minimum absolute atomic E-state index is 0.144. The molecule has 2 aromatic heterocycles. The quantitative estimate of drug-likeness (QED) is 0.709. The molecule has 1 aliphatic rings. The Kier molecular flexibility index (Phi) is 5.69. The first-order valence-electron chi connectivity index (χ1n) is 8.84. The molecule has 0 saturated carbocycles. The van der Waals surface area contributed by atoms with Crippen molar-refractivity contribution in [1.82, 2.24) is 15.3 Å². The van der Waals surface area contributed by atoms with E-state index in [4.69, 9.17) is 0 Å². The lowest BCUT2D eigenvalue weighted by molar-refractivity contribution is -0.116. The number of benzene rings is 1. The van der Waals surface area contributed by atoms with Gasteiger partial charge in [0.15, 0.2) is 0 Å². The second-order valence-electron chi connectivity index (χ2n) is 6.17. The lowest BCUT2D eigenvalue weighted by Crippen LogP contribution is -2.17. The largest absolute Gasteiger partial charge is 0.370 e. The van der Waals surface area contributed by atoms with Gasteiger partial charge in [0.05, 0.1) is 11.9 Å². The zero-order valence-electron chi connectivity index (χ0n) is 15.0. The van der Waals surface area contributed by atoms with Crippen LogP contribution in [0.5, 0.6) is 0 Å². The van der Waals surface area contributed by atoms with E-state index >= 15 is 0 Å². The van der Waals surface area contributed by atoms with Crippen molar-refractivity contribution in [1.29, 1.82) is 0 Å². The number of hydrogen-bond donors (Lipinski definition) is 2. The molecule has 2 N–H and O–H groups in total. The van der Waals surface area contributed by atoms with Gasteiger partial charge in [-0.2, -0.15) is 0 Å². The Balaban J connectivity index is 0.000000286. The predicted molar refractivity (Wildman–Crippen MR) is 107 cm³/mol. The van der Waals surface area contributed by atoms with Crippen molar-refractivity contribution in [2.45, 2.75) is 12.8 Å². The molecule has 134 valence electrons. The van der Waals surface area contributed by atoms with E-state index in [2.05, 4.69) is 63.3 Å². The molecule has 0 aliphatic carbocycles. The number of hydrogen-bond acceptors (Lipinski definition) is 3. The lowest BCUT2D eigenvalue weighted by Gasteiger charge is -2.17. The van der Waals surface area contributed by atoms with Crippen LogP contribution in [0.15, 0.2) is 61.4 Å². The van der Waals surface area contributed by atoms with Gasteiger partial charge in [0.1, 0.15) is 5.65 Å². The number of amides is 1. The molecule has 26 heavy (non-hydrogen) atoms. The second-order valence-corrected chi connectivity index (χ2v) is 6.17. The Labute approximate surface area is 153 Å². The Hall–Kier alpha value is -3.08. The topological polar surface area (TPSA) is 61.0 Å². The molecule has 1 fully saturated rings. The van der Waals surface area contributed by atoms with Crippen LogP contribution in [0.3, 0.4) is 0 Å². The second kappa shape index (κ2) is 8.34. The van der Waals surface area contributed by atoms with Crippen molar-refractivity contribution in [2.24, 2.45) is 0 Å². The van der Waals surface area contributed by atoms with Crippen molar-refractivity contribution in [2.75, 3.05) is 25.0 Å². The molecular weight excluding hydrogens is 324 g/mol. The molecular formula is C21H24N4O. The number of nitrogens with zero attached hydrogens (tertiary/aromatic N) is 2. The Morgan fingerprint density at radius 3 is 2.62 bits per heavy atom. The van der Waals surface area contributed by atoms with Crippen LogP contribution in [-0.2, 0) is 4.79 Å². The molecule has 3 heterocycles. The van der Waals surface area contributed by atoms with Gasteiger partial charge < -0.3 is 15.2 Å². The van der Waals surface area contributed by atoms with E-state index in [9.17, 15) is 4.79 Å². The molecule has 1 aromatic carbocycles. The maximum atomic E-state index is 9.95. The molecule has 3 aromatic rings. The number of anilines is 1. The van der Waals surface area contributed by atoms with Crippen molar-refractivity contribution >= 4 is 22.6 Å². The average molecular weight is 348 g/mol. The van der Waals surface area contributed by atoms with Crippen LogP contribution in [0.1, 0.15) is 12.8 Å². The number of pyridine rings is 1. The highest BCUT2D eigenvalue weighted by molar-refractivity contribution is 5.95. The van der Waals surface area contributed by atoms with E-state index in [-0.39, 0.29) is 5.91 Å². The van der Waals surface area contributed by atoms with E-state index in [1.165, 1.54) is 41.1 Å². The molecule has 0 atom stereocenters. The van der Waals surface area contributed by atoms with Crippen LogP contribution in [0.25, 0.3) is 22.2 Å². The number of carbonyl (C=O) groups is 1. The molecule has 0 unspecified atom stereocenters. The summed E-state index contributed by atoms with van der Waals surface area (Å²) in [6.07, 6.45) is 7.84. The molecule has 5 heteroatoms. The summed E-state index contributed by atoms with van der Waals surface area (Å²) in [5.41, 5.74) is 4.67. The molecule has 5 nitrogen and oxygen atoms in total. The SMILES string of the molecule is C=CC(=O)NC.c1ccc(-c2c[nH]c3ncc(N4CCCC4)cc23)cc1. The van der Waals surface area contributed by atoms with Crippen molar-refractivity contribution in [3.05, 3.63) is 61.4 Å². The smallest absolute Gasteiger partial charge is 0.243 e. The van der Waals surface area contributed by atoms with Gasteiger partial charge in [0.2, 0.25) is 5.91 Å². The highest BCUT2D eigenvalue weighted by Gasteiger charge is 2.14. The fraction of sp³-hybridized carbons (Fsp3) is 0.238. The average Bonchev–Trinajstić information content (AvgIpc) is 3.38. The van der Waals surface area contributed by atoms with E-state index in [1.54, 1.807) is 7.05 Å². The lowest BCUT2D eigenvalue weighted by atomic mass is 10.1. The first kappa shape index (κ1) is 17.7. The van der Waals surface area contributed by atoms with Gasteiger partial charge in [0, 0.05) is 37.3 Å². The number of carbonyl (C=O) groups excluding carboxylic acids is 1. The predicted octanol–water partition coefficient (Wildman–Crippen LogP) is 3.75. The summed E-state index contributed by atoms with van der Waals surface area (Å²) in [5.74, 6) is -0.144. The summed E-state index contributed by atoms with van der Waals surface area (Å²) in [6, 6.07) is 12.8.